The Hall–Kier alpha value is -2.72. The van der Waals surface area contributed by atoms with E-state index < -0.39 is 5.97 Å². The van der Waals surface area contributed by atoms with Crippen molar-refractivity contribution in [1.29, 1.82) is 0 Å². The van der Waals surface area contributed by atoms with E-state index in [0.29, 0.717) is 38.5 Å². The predicted molar refractivity (Wildman–Crippen MR) is 112 cm³/mol. The maximum Gasteiger partial charge on any atom is 0.350 e. The molecule has 1 aromatic heterocycles. The van der Waals surface area contributed by atoms with Gasteiger partial charge in [-0.25, -0.2) is 9.78 Å². The van der Waals surface area contributed by atoms with Crippen molar-refractivity contribution in [1.82, 2.24) is 4.98 Å². The summed E-state index contributed by atoms with van der Waals surface area (Å²) in [4.78, 5) is 29.7. The molecule has 1 amide bonds. The molecule has 0 radical (unpaired) electrons. The second-order valence-electron chi connectivity index (χ2n) is 6.22. The highest BCUT2D eigenvalue weighted by atomic mass is 79.9. The maximum atomic E-state index is 13.0. The Bertz CT molecular complexity index is 1090. The molecule has 1 aromatic carbocycles. The molecule has 29 heavy (non-hydrogen) atoms. The summed E-state index contributed by atoms with van der Waals surface area (Å²) in [6.07, 6.45) is 1.74. The second-order valence-corrected chi connectivity index (χ2v) is 8.05. The van der Waals surface area contributed by atoms with Gasteiger partial charge in [0.25, 0.3) is 5.91 Å². The summed E-state index contributed by atoms with van der Waals surface area (Å²) >= 11 is 4.57. The van der Waals surface area contributed by atoms with Crippen LogP contribution in [0.25, 0.3) is 6.08 Å². The highest BCUT2D eigenvalue weighted by molar-refractivity contribution is 9.10. The lowest BCUT2D eigenvalue weighted by Crippen LogP contribution is -2.21. The van der Waals surface area contributed by atoms with Gasteiger partial charge in [-0.15, -0.1) is 0 Å². The van der Waals surface area contributed by atoms with E-state index in [-0.39, 0.29) is 19.3 Å². The summed E-state index contributed by atoms with van der Waals surface area (Å²) in [7, 11) is 0. The zero-order chi connectivity index (χ0) is 20.7. The molecule has 8 nitrogen and oxygen atoms in total. The van der Waals surface area contributed by atoms with Gasteiger partial charge in [-0.1, -0.05) is 27.3 Å². The smallest absolute Gasteiger partial charge is 0.350 e. The van der Waals surface area contributed by atoms with Crippen LogP contribution in [0, 0.1) is 6.92 Å². The van der Waals surface area contributed by atoms with Gasteiger partial charge < -0.3 is 14.2 Å². The Morgan fingerprint density at radius 1 is 1.34 bits per heavy atom. The van der Waals surface area contributed by atoms with Crippen LogP contribution < -0.4 is 14.5 Å². The zero-order valence-electron chi connectivity index (χ0n) is 15.8. The summed E-state index contributed by atoms with van der Waals surface area (Å²) < 4.78 is 16.6. The number of halogens is 1. The van der Waals surface area contributed by atoms with Crippen molar-refractivity contribution in [2.24, 2.45) is 5.10 Å². The number of aryl methyl sites for hydroxylation is 1. The number of amides is 1. The highest BCUT2D eigenvalue weighted by Crippen LogP contribution is 2.38. The Labute approximate surface area is 178 Å². The first-order chi connectivity index (χ1) is 13.9. The van der Waals surface area contributed by atoms with Crippen molar-refractivity contribution in [2.75, 3.05) is 18.4 Å². The van der Waals surface area contributed by atoms with Crippen molar-refractivity contribution in [3.63, 3.8) is 0 Å². The van der Waals surface area contributed by atoms with Crippen LogP contribution in [0.3, 0.4) is 0 Å². The summed E-state index contributed by atoms with van der Waals surface area (Å²) in [5.74, 6) is 0.484. The number of ether oxygens (including phenoxy) is 3. The minimum Gasteiger partial charge on any atom is -0.462 e. The summed E-state index contributed by atoms with van der Waals surface area (Å²) in [5.41, 5.74) is 2.23. The van der Waals surface area contributed by atoms with E-state index in [0.717, 1.165) is 21.4 Å². The molecule has 2 aromatic rings. The lowest BCUT2D eigenvalue weighted by molar-refractivity contribution is -0.114. The van der Waals surface area contributed by atoms with Crippen LogP contribution in [-0.2, 0) is 9.53 Å². The maximum absolute atomic E-state index is 13.0. The first-order valence-electron chi connectivity index (χ1n) is 8.74. The van der Waals surface area contributed by atoms with E-state index in [1.54, 1.807) is 39.0 Å². The molecule has 0 saturated heterocycles. The van der Waals surface area contributed by atoms with Gasteiger partial charge >= 0.3 is 5.97 Å². The number of aromatic nitrogens is 1. The number of carbonyl (C=O) groups excluding carboxylic acids is 2. The molecule has 0 spiro atoms. The number of fused-ring (bicyclic) bond motifs is 1. The molecule has 0 atom stereocenters. The van der Waals surface area contributed by atoms with Crippen molar-refractivity contribution in [3.8, 4) is 11.5 Å². The molecule has 10 heteroatoms. The average molecular weight is 478 g/mol. The van der Waals surface area contributed by atoms with E-state index in [9.17, 15) is 9.59 Å². The van der Waals surface area contributed by atoms with Crippen LogP contribution in [0.15, 0.2) is 27.3 Å². The highest BCUT2D eigenvalue weighted by Gasteiger charge is 2.32. The topological polar surface area (TPSA) is 90.3 Å². The van der Waals surface area contributed by atoms with E-state index in [1.165, 1.54) is 5.01 Å². The Morgan fingerprint density at radius 3 is 2.79 bits per heavy atom. The Kier molecular flexibility index (Phi) is 5.13. The molecule has 0 unspecified atom stereocenters. The fourth-order valence-electron chi connectivity index (χ4n) is 2.87. The van der Waals surface area contributed by atoms with Crippen LogP contribution >= 0.6 is 27.3 Å². The fraction of sp³-hybridized carbons (Fsp3) is 0.263. The molecule has 0 bridgehead atoms. The van der Waals surface area contributed by atoms with Crippen LogP contribution in [-0.4, -0.2) is 36.0 Å². The molecule has 0 fully saturated rings. The number of benzene rings is 1. The second kappa shape index (κ2) is 7.60. The van der Waals surface area contributed by atoms with Crippen molar-refractivity contribution >= 4 is 56.1 Å². The molecule has 0 N–H and O–H groups in total. The fourth-order valence-corrected chi connectivity index (χ4v) is 4.22. The molecule has 2 aliphatic heterocycles. The minimum atomic E-state index is -0.457. The third-order valence-corrected chi connectivity index (χ3v) is 6.08. The molecule has 2 aliphatic rings. The van der Waals surface area contributed by atoms with E-state index in [2.05, 4.69) is 26.0 Å². The molecule has 0 aliphatic carbocycles. The van der Waals surface area contributed by atoms with Crippen LogP contribution in [0.4, 0.5) is 5.13 Å². The number of rotatable bonds is 4. The van der Waals surface area contributed by atoms with Crippen LogP contribution in [0.5, 0.6) is 11.5 Å². The standard InChI is InChI=1S/C19H16BrN3O5S/c1-4-26-18(25)16-10(3)21-19(29-16)23-17(24)12(9(2)22-23)5-11-6-14-15(7-13(11)20)28-8-27-14/h5-7H,4,8H2,1-3H3. The van der Waals surface area contributed by atoms with Gasteiger partial charge in [-0.05, 0) is 44.5 Å². The number of carbonyl (C=O) groups is 2. The summed E-state index contributed by atoms with van der Waals surface area (Å²) in [6.45, 7) is 5.61. The Balaban J connectivity index is 1.65. The quantitative estimate of drug-likeness (QED) is 0.489. The Morgan fingerprint density at radius 2 is 2.07 bits per heavy atom. The van der Waals surface area contributed by atoms with E-state index in [4.69, 9.17) is 14.2 Å². The van der Waals surface area contributed by atoms with Crippen LogP contribution in [0.1, 0.15) is 34.8 Å². The number of anilines is 1. The van der Waals surface area contributed by atoms with Crippen molar-refractivity contribution in [2.45, 2.75) is 20.8 Å². The van der Waals surface area contributed by atoms with Crippen molar-refractivity contribution in [3.05, 3.63) is 38.3 Å². The van der Waals surface area contributed by atoms with Crippen LogP contribution in [0.2, 0.25) is 0 Å². The average Bonchev–Trinajstić information content (AvgIpc) is 3.35. The van der Waals surface area contributed by atoms with Gasteiger partial charge in [0, 0.05) is 4.47 Å². The number of hydrazone groups is 1. The van der Waals surface area contributed by atoms with E-state index >= 15 is 0 Å². The number of thiazole rings is 1. The third-order valence-electron chi connectivity index (χ3n) is 4.28. The SMILES string of the molecule is CCOC(=O)c1sc(N2N=C(C)C(=Cc3cc4c(cc3Br)OCO4)C2=O)nc1C. The van der Waals surface area contributed by atoms with Gasteiger partial charge in [0.1, 0.15) is 4.88 Å². The summed E-state index contributed by atoms with van der Waals surface area (Å²) in [6, 6.07) is 3.60. The molecular weight excluding hydrogens is 462 g/mol. The third kappa shape index (κ3) is 3.53. The lowest BCUT2D eigenvalue weighted by Gasteiger charge is -2.07. The summed E-state index contributed by atoms with van der Waals surface area (Å²) in [5, 5.41) is 5.87. The minimum absolute atomic E-state index is 0.168. The van der Waals surface area contributed by atoms with Gasteiger partial charge in [0.15, 0.2) is 11.5 Å². The molecular formula is C19H16BrN3O5S. The zero-order valence-corrected chi connectivity index (χ0v) is 18.2. The molecule has 0 saturated carbocycles. The van der Waals surface area contributed by atoms with Gasteiger partial charge in [0.05, 0.1) is 23.6 Å². The first-order valence-corrected chi connectivity index (χ1v) is 10.4. The number of nitrogens with zero attached hydrogens (tertiary/aromatic N) is 3. The number of esters is 1. The number of hydrogen-bond donors (Lipinski definition) is 0. The van der Waals surface area contributed by atoms with Crippen molar-refractivity contribution < 1.29 is 23.8 Å². The predicted octanol–water partition coefficient (Wildman–Crippen LogP) is 3.93. The van der Waals surface area contributed by atoms with E-state index in [1.807, 2.05) is 0 Å². The number of hydrogen-bond acceptors (Lipinski definition) is 8. The monoisotopic (exact) mass is 477 g/mol. The molecule has 150 valence electrons. The molecule has 4 rings (SSSR count). The van der Waals surface area contributed by atoms with Gasteiger partial charge in [0.2, 0.25) is 11.9 Å². The first kappa shape index (κ1) is 19.6. The molecule has 3 heterocycles. The lowest BCUT2D eigenvalue weighted by atomic mass is 10.1. The van der Waals surface area contributed by atoms with Gasteiger partial charge in [-0.3, -0.25) is 4.79 Å². The largest absolute Gasteiger partial charge is 0.462 e. The van der Waals surface area contributed by atoms with Gasteiger partial charge in [-0.2, -0.15) is 10.1 Å². The normalized spacial score (nSPS) is 16.6.